The molecular formula is C14H23NO6. The highest BCUT2D eigenvalue weighted by Crippen LogP contribution is 2.47. The molecule has 1 saturated heterocycles. The molecule has 2 N–H and O–H groups in total. The normalized spacial score (nSPS) is 33.2. The number of carboxylic acids is 1. The van der Waals surface area contributed by atoms with Gasteiger partial charge in [-0.2, -0.15) is 0 Å². The van der Waals surface area contributed by atoms with Crippen molar-refractivity contribution in [1.82, 2.24) is 4.90 Å². The Hall–Kier alpha value is -1.34. The second-order valence-corrected chi connectivity index (χ2v) is 6.79. The fourth-order valence-corrected chi connectivity index (χ4v) is 2.97. The summed E-state index contributed by atoms with van der Waals surface area (Å²) in [6.07, 6.45) is -0.896. The van der Waals surface area contributed by atoms with Gasteiger partial charge < -0.3 is 19.7 Å². The first-order valence-electron chi connectivity index (χ1n) is 7.14. The lowest BCUT2D eigenvalue weighted by molar-refractivity contribution is -0.181. The van der Waals surface area contributed by atoms with Crippen molar-refractivity contribution in [2.45, 2.75) is 51.4 Å². The minimum Gasteiger partial charge on any atom is -0.481 e. The van der Waals surface area contributed by atoms with Gasteiger partial charge in [-0.05, 0) is 33.6 Å². The third-order valence-corrected chi connectivity index (χ3v) is 4.02. The van der Waals surface area contributed by atoms with E-state index >= 15 is 0 Å². The van der Waals surface area contributed by atoms with Crippen LogP contribution < -0.4 is 0 Å². The van der Waals surface area contributed by atoms with Crippen molar-refractivity contribution in [2.24, 2.45) is 5.41 Å². The molecule has 2 fully saturated rings. The molecule has 0 spiro atoms. The maximum Gasteiger partial charge on any atom is 0.410 e. The molecule has 2 aliphatic rings. The number of carboxylic acid groups (broad SMARTS) is 1. The van der Waals surface area contributed by atoms with Crippen LogP contribution in [0.2, 0.25) is 0 Å². The maximum absolute atomic E-state index is 12.3. The van der Waals surface area contributed by atoms with Gasteiger partial charge in [-0.15, -0.1) is 0 Å². The lowest BCUT2D eigenvalue weighted by atomic mass is 9.61. The Morgan fingerprint density at radius 3 is 2.43 bits per heavy atom. The zero-order valence-electron chi connectivity index (χ0n) is 12.7. The molecule has 2 rings (SSSR count). The molecule has 0 aromatic rings. The van der Waals surface area contributed by atoms with Gasteiger partial charge in [-0.1, -0.05) is 0 Å². The summed E-state index contributed by atoms with van der Waals surface area (Å²) >= 11 is 0. The van der Waals surface area contributed by atoms with E-state index in [4.69, 9.17) is 9.47 Å². The van der Waals surface area contributed by atoms with Gasteiger partial charge >= 0.3 is 12.1 Å². The topological polar surface area (TPSA) is 96.3 Å². The highest BCUT2D eigenvalue weighted by Gasteiger charge is 2.58. The first kappa shape index (κ1) is 16.0. The number of aliphatic hydroxyl groups is 1. The largest absolute Gasteiger partial charge is 0.481 e. The summed E-state index contributed by atoms with van der Waals surface area (Å²) in [6.45, 7) is 6.10. The number of amides is 1. The molecule has 1 unspecified atom stereocenters. The van der Waals surface area contributed by atoms with Crippen molar-refractivity contribution in [3.63, 3.8) is 0 Å². The monoisotopic (exact) mass is 301 g/mol. The van der Waals surface area contributed by atoms with Gasteiger partial charge in [0.05, 0.1) is 30.8 Å². The van der Waals surface area contributed by atoms with E-state index in [1.165, 1.54) is 4.90 Å². The van der Waals surface area contributed by atoms with Crippen molar-refractivity contribution in [1.29, 1.82) is 0 Å². The van der Waals surface area contributed by atoms with Crippen LogP contribution in [-0.4, -0.2) is 64.7 Å². The van der Waals surface area contributed by atoms with Crippen LogP contribution in [0.25, 0.3) is 0 Å². The van der Waals surface area contributed by atoms with Gasteiger partial charge in [0.15, 0.2) is 0 Å². The minimum atomic E-state index is -1.14. The molecule has 1 aliphatic heterocycles. The van der Waals surface area contributed by atoms with E-state index in [1.54, 1.807) is 20.8 Å². The fraction of sp³-hybridized carbons (Fsp3) is 0.857. The van der Waals surface area contributed by atoms with Gasteiger partial charge in [0.2, 0.25) is 0 Å². The molecule has 1 heterocycles. The number of aliphatic hydroxyl groups excluding tert-OH is 1. The molecule has 21 heavy (non-hydrogen) atoms. The Balaban J connectivity index is 2.19. The second-order valence-electron chi connectivity index (χ2n) is 6.79. The second kappa shape index (κ2) is 5.46. The molecule has 1 atom stereocenters. The van der Waals surface area contributed by atoms with E-state index in [1.807, 2.05) is 0 Å². The summed E-state index contributed by atoms with van der Waals surface area (Å²) in [5.41, 5.74) is -1.79. The van der Waals surface area contributed by atoms with E-state index in [9.17, 15) is 19.8 Å². The van der Waals surface area contributed by atoms with Crippen molar-refractivity contribution < 1.29 is 29.3 Å². The van der Waals surface area contributed by atoms with Crippen LogP contribution in [-0.2, 0) is 14.3 Å². The van der Waals surface area contributed by atoms with Crippen LogP contribution in [0.3, 0.4) is 0 Å². The molecule has 7 heteroatoms. The first-order chi connectivity index (χ1) is 9.66. The maximum atomic E-state index is 12.3. The predicted molar refractivity (Wildman–Crippen MR) is 72.9 cm³/mol. The molecule has 120 valence electrons. The number of rotatable bonds is 2. The number of hydrogen-bond donors (Lipinski definition) is 2. The van der Waals surface area contributed by atoms with Crippen LogP contribution in [0.4, 0.5) is 4.79 Å². The summed E-state index contributed by atoms with van der Waals surface area (Å²) in [7, 11) is 0. The Morgan fingerprint density at radius 2 is 1.95 bits per heavy atom. The fourth-order valence-electron chi connectivity index (χ4n) is 2.97. The predicted octanol–water partition coefficient (Wildman–Crippen LogP) is 0.848. The zero-order valence-corrected chi connectivity index (χ0v) is 12.7. The van der Waals surface area contributed by atoms with Gasteiger partial charge in [0.25, 0.3) is 0 Å². The molecule has 0 bridgehead atoms. The standard InChI is InChI=1S/C14H23NO6/c1-13(2,3)21-12(19)15-4-5-20-8-10(15)14(11(17)18)6-9(16)7-14/h9-10,16H,4-8H2,1-3H3,(H,17,18). The zero-order chi connectivity index (χ0) is 15.8. The van der Waals surface area contributed by atoms with Crippen molar-refractivity contribution in [2.75, 3.05) is 19.8 Å². The minimum absolute atomic E-state index is 0.135. The summed E-state index contributed by atoms with van der Waals surface area (Å²) in [6, 6.07) is -0.609. The quantitative estimate of drug-likeness (QED) is 0.785. The third kappa shape index (κ3) is 3.13. The van der Waals surface area contributed by atoms with E-state index in [2.05, 4.69) is 0 Å². The van der Waals surface area contributed by atoms with Crippen LogP contribution >= 0.6 is 0 Å². The van der Waals surface area contributed by atoms with E-state index < -0.39 is 35.2 Å². The van der Waals surface area contributed by atoms with Crippen molar-refractivity contribution in [3.8, 4) is 0 Å². The van der Waals surface area contributed by atoms with Gasteiger partial charge in [-0.25, -0.2) is 4.79 Å². The van der Waals surface area contributed by atoms with Gasteiger partial charge in [-0.3, -0.25) is 9.69 Å². The van der Waals surface area contributed by atoms with Gasteiger partial charge in [0.1, 0.15) is 5.60 Å². The third-order valence-electron chi connectivity index (χ3n) is 4.02. The molecular weight excluding hydrogens is 278 g/mol. The number of ether oxygens (including phenoxy) is 2. The van der Waals surface area contributed by atoms with Crippen molar-refractivity contribution in [3.05, 3.63) is 0 Å². The number of carbonyl (C=O) groups excluding carboxylic acids is 1. The van der Waals surface area contributed by atoms with Gasteiger partial charge in [0, 0.05) is 6.54 Å². The molecule has 1 aliphatic carbocycles. The van der Waals surface area contributed by atoms with E-state index in [0.29, 0.717) is 13.2 Å². The van der Waals surface area contributed by atoms with Crippen LogP contribution in [0.5, 0.6) is 0 Å². The Kier molecular flexibility index (Phi) is 4.17. The summed E-state index contributed by atoms with van der Waals surface area (Å²) in [4.78, 5) is 25.4. The smallest absolute Gasteiger partial charge is 0.410 e. The van der Waals surface area contributed by atoms with Crippen LogP contribution in [0, 0.1) is 5.41 Å². The molecule has 1 amide bonds. The highest BCUT2D eigenvalue weighted by atomic mass is 16.6. The number of nitrogens with zero attached hydrogens (tertiary/aromatic N) is 1. The highest BCUT2D eigenvalue weighted by molar-refractivity contribution is 5.79. The summed E-state index contributed by atoms with van der Waals surface area (Å²) in [5.74, 6) is -1.00. The Bertz CT molecular complexity index is 424. The van der Waals surface area contributed by atoms with E-state index in [-0.39, 0.29) is 19.4 Å². The number of hydrogen-bond acceptors (Lipinski definition) is 5. The SMILES string of the molecule is CC(C)(C)OC(=O)N1CCOCC1C1(C(=O)O)CC(O)C1. The average Bonchev–Trinajstić information content (AvgIpc) is 2.32. The molecule has 0 aromatic heterocycles. The van der Waals surface area contributed by atoms with Crippen LogP contribution in [0.15, 0.2) is 0 Å². The summed E-state index contributed by atoms with van der Waals surface area (Å²) < 4.78 is 10.7. The molecule has 0 aromatic carbocycles. The lowest BCUT2D eigenvalue weighted by Crippen LogP contribution is -2.65. The number of morpholine rings is 1. The number of carbonyl (C=O) groups is 2. The number of aliphatic carboxylic acids is 1. The Morgan fingerprint density at radius 1 is 1.33 bits per heavy atom. The first-order valence-corrected chi connectivity index (χ1v) is 7.14. The lowest BCUT2D eigenvalue weighted by Gasteiger charge is -2.51. The Labute approximate surface area is 123 Å². The van der Waals surface area contributed by atoms with Crippen molar-refractivity contribution >= 4 is 12.1 Å². The van der Waals surface area contributed by atoms with Crippen LogP contribution in [0.1, 0.15) is 33.6 Å². The summed E-state index contributed by atoms with van der Waals surface area (Å²) in [5, 5.41) is 19.1. The molecule has 0 radical (unpaired) electrons. The molecule has 1 saturated carbocycles. The van der Waals surface area contributed by atoms with E-state index in [0.717, 1.165) is 0 Å². The average molecular weight is 301 g/mol. The molecule has 7 nitrogen and oxygen atoms in total.